The maximum atomic E-state index is 14.1. The molecule has 0 heterocycles. The van der Waals surface area contributed by atoms with Crippen molar-refractivity contribution < 1.29 is 9.13 Å². The Balaban J connectivity index is 2.84. The van der Waals surface area contributed by atoms with Crippen LogP contribution in [0.25, 0.3) is 0 Å². The zero-order valence-electron chi connectivity index (χ0n) is 13.7. The number of nitrogens with one attached hydrogen (secondary N) is 1. The highest BCUT2D eigenvalue weighted by atomic mass is 19.1. The fourth-order valence-corrected chi connectivity index (χ4v) is 2.55. The molecular formula is C17H29FN2O. The molecule has 0 saturated carbocycles. The van der Waals surface area contributed by atoms with E-state index in [1.165, 1.54) is 6.07 Å². The molecule has 0 aliphatic carbocycles. The lowest BCUT2D eigenvalue weighted by Crippen LogP contribution is -2.42. The summed E-state index contributed by atoms with van der Waals surface area (Å²) in [5.41, 5.74) is 0.744. The molecule has 0 fully saturated rings. The summed E-state index contributed by atoms with van der Waals surface area (Å²) in [7, 11) is 1.72. The third-order valence-corrected chi connectivity index (χ3v) is 3.78. The fourth-order valence-electron chi connectivity index (χ4n) is 2.55. The van der Waals surface area contributed by atoms with Crippen molar-refractivity contribution in [3.05, 3.63) is 35.6 Å². The molecule has 0 aliphatic rings. The summed E-state index contributed by atoms with van der Waals surface area (Å²) in [6.07, 6.45) is 1.03. The normalized spacial score (nSPS) is 14.4. The second kappa shape index (κ2) is 9.87. The topological polar surface area (TPSA) is 24.5 Å². The van der Waals surface area contributed by atoms with Gasteiger partial charge in [0.25, 0.3) is 0 Å². The molecule has 1 aromatic rings. The van der Waals surface area contributed by atoms with Gasteiger partial charge in [0.1, 0.15) is 5.82 Å². The molecule has 0 saturated heterocycles. The summed E-state index contributed by atoms with van der Waals surface area (Å²) in [6, 6.07) is 7.36. The zero-order chi connectivity index (χ0) is 15.7. The van der Waals surface area contributed by atoms with Crippen molar-refractivity contribution in [1.29, 1.82) is 0 Å². The van der Waals surface area contributed by atoms with Crippen molar-refractivity contribution >= 4 is 0 Å². The summed E-state index contributed by atoms with van der Waals surface area (Å²) in [4.78, 5) is 2.32. The minimum atomic E-state index is -0.137. The summed E-state index contributed by atoms with van der Waals surface area (Å²) in [6.45, 7) is 9.66. The molecule has 0 amide bonds. The molecule has 0 aliphatic heterocycles. The van der Waals surface area contributed by atoms with Crippen LogP contribution in [0.2, 0.25) is 0 Å². The number of rotatable bonds is 10. The number of nitrogens with zero attached hydrogens (tertiary/aromatic N) is 1. The van der Waals surface area contributed by atoms with Crippen molar-refractivity contribution in [3.63, 3.8) is 0 Å². The van der Waals surface area contributed by atoms with Gasteiger partial charge in [-0.05, 0) is 32.5 Å². The van der Waals surface area contributed by atoms with Crippen LogP contribution in [0.1, 0.15) is 38.8 Å². The molecule has 21 heavy (non-hydrogen) atoms. The molecule has 1 N–H and O–H groups in total. The Kier molecular flexibility index (Phi) is 8.50. The van der Waals surface area contributed by atoms with E-state index >= 15 is 0 Å². The predicted octanol–water partition coefficient (Wildman–Crippen LogP) is 3.22. The SMILES string of the molecule is CCCNC(CN(CC)C(C)COC)c1ccccc1F. The van der Waals surface area contributed by atoms with Crippen LogP contribution in [0.4, 0.5) is 4.39 Å². The molecule has 0 radical (unpaired) electrons. The molecule has 2 atom stereocenters. The Bertz CT molecular complexity index is 400. The van der Waals surface area contributed by atoms with Gasteiger partial charge in [0.05, 0.1) is 6.61 Å². The van der Waals surface area contributed by atoms with E-state index in [0.717, 1.165) is 31.6 Å². The first-order valence-electron chi connectivity index (χ1n) is 7.84. The van der Waals surface area contributed by atoms with E-state index in [1.807, 2.05) is 12.1 Å². The molecule has 0 aromatic heterocycles. The molecule has 120 valence electrons. The van der Waals surface area contributed by atoms with Crippen LogP contribution >= 0.6 is 0 Å². The summed E-state index contributed by atoms with van der Waals surface area (Å²) < 4.78 is 19.3. The van der Waals surface area contributed by atoms with Gasteiger partial charge >= 0.3 is 0 Å². The van der Waals surface area contributed by atoms with Gasteiger partial charge in [-0.1, -0.05) is 32.0 Å². The van der Waals surface area contributed by atoms with Crippen molar-refractivity contribution in [3.8, 4) is 0 Å². The van der Waals surface area contributed by atoms with Gasteiger partial charge in [0.2, 0.25) is 0 Å². The zero-order valence-corrected chi connectivity index (χ0v) is 13.7. The lowest BCUT2D eigenvalue weighted by molar-refractivity contribution is 0.0953. The monoisotopic (exact) mass is 296 g/mol. The highest BCUT2D eigenvalue weighted by molar-refractivity contribution is 5.21. The van der Waals surface area contributed by atoms with Crippen molar-refractivity contribution in [2.45, 2.75) is 39.3 Å². The second-order valence-corrected chi connectivity index (χ2v) is 5.42. The van der Waals surface area contributed by atoms with Crippen LogP contribution in [0, 0.1) is 5.82 Å². The molecular weight excluding hydrogens is 267 g/mol. The van der Waals surface area contributed by atoms with Gasteiger partial charge < -0.3 is 10.1 Å². The Morgan fingerprint density at radius 3 is 2.57 bits per heavy atom. The quantitative estimate of drug-likeness (QED) is 0.717. The van der Waals surface area contributed by atoms with Crippen LogP contribution in [0.3, 0.4) is 0 Å². The largest absolute Gasteiger partial charge is 0.383 e. The number of halogens is 1. The third-order valence-electron chi connectivity index (χ3n) is 3.78. The summed E-state index contributed by atoms with van der Waals surface area (Å²) in [5.74, 6) is -0.137. The van der Waals surface area contributed by atoms with E-state index in [1.54, 1.807) is 13.2 Å². The molecule has 1 rings (SSSR count). The average Bonchev–Trinajstić information content (AvgIpc) is 2.49. The van der Waals surface area contributed by atoms with Gasteiger partial charge in [-0.2, -0.15) is 0 Å². The van der Waals surface area contributed by atoms with Gasteiger partial charge in [0, 0.05) is 31.3 Å². The van der Waals surface area contributed by atoms with Crippen LogP contribution in [-0.4, -0.2) is 44.3 Å². The van der Waals surface area contributed by atoms with E-state index in [4.69, 9.17) is 4.74 Å². The van der Waals surface area contributed by atoms with E-state index in [9.17, 15) is 4.39 Å². The highest BCUT2D eigenvalue weighted by Crippen LogP contribution is 2.19. The van der Waals surface area contributed by atoms with Crippen molar-refractivity contribution in [1.82, 2.24) is 10.2 Å². The summed E-state index contributed by atoms with van der Waals surface area (Å²) in [5, 5.41) is 3.47. The molecule has 0 bridgehead atoms. The van der Waals surface area contributed by atoms with E-state index in [-0.39, 0.29) is 11.9 Å². The van der Waals surface area contributed by atoms with Crippen LogP contribution in [0.15, 0.2) is 24.3 Å². The van der Waals surface area contributed by atoms with E-state index < -0.39 is 0 Å². The lowest BCUT2D eigenvalue weighted by atomic mass is 10.0. The number of hydrogen-bond donors (Lipinski definition) is 1. The van der Waals surface area contributed by atoms with Gasteiger partial charge in [0.15, 0.2) is 0 Å². The Morgan fingerprint density at radius 1 is 1.29 bits per heavy atom. The van der Waals surface area contributed by atoms with Gasteiger partial charge in [-0.25, -0.2) is 4.39 Å². The number of hydrogen-bond acceptors (Lipinski definition) is 3. The minimum absolute atomic E-state index is 0.00501. The average molecular weight is 296 g/mol. The first-order valence-corrected chi connectivity index (χ1v) is 7.84. The number of likely N-dealkylation sites (N-methyl/N-ethyl adjacent to an activating group) is 1. The van der Waals surface area contributed by atoms with Crippen molar-refractivity contribution in [2.24, 2.45) is 0 Å². The van der Waals surface area contributed by atoms with E-state index in [2.05, 4.69) is 31.0 Å². The fraction of sp³-hybridized carbons (Fsp3) is 0.647. The predicted molar refractivity (Wildman–Crippen MR) is 86.0 cm³/mol. The molecule has 4 heteroatoms. The van der Waals surface area contributed by atoms with Crippen LogP contribution < -0.4 is 5.32 Å². The second-order valence-electron chi connectivity index (χ2n) is 5.42. The molecule has 1 aromatic carbocycles. The first kappa shape index (κ1) is 18.1. The van der Waals surface area contributed by atoms with Crippen molar-refractivity contribution in [2.75, 3.05) is 33.4 Å². The Labute approximate surface area is 128 Å². The first-order chi connectivity index (χ1) is 10.1. The number of benzene rings is 1. The minimum Gasteiger partial charge on any atom is -0.383 e. The molecule has 0 spiro atoms. The standard InChI is InChI=1S/C17H29FN2O/c1-5-11-19-17(15-9-7-8-10-16(15)18)12-20(6-2)14(3)13-21-4/h7-10,14,17,19H,5-6,11-13H2,1-4H3. The molecule has 3 nitrogen and oxygen atoms in total. The van der Waals surface area contributed by atoms with Crippen LogP contribution in [0.5, 0.6) is 0 Å². The third kappa shape index (κ3) is 5.73. The number of ether oxygens (including phenoxy) is 1. The highest BCUT2D eigenvalue weighted by Gasteiger charge is 2.20. The molecule has 2 unspecified atom stereocenters. The van der Waals surface area contributed by atoms with Gasteiger partial charge in [-0.3, -0.25) is 4.90 Å². The smallest absolute Gasteiger partial charge is 0.128 e. The van der Waals surface area contributed by atoms with E-state index in [0.29, 0.717) is 12.6 Å². The maximum Gasteiger partial charge on any atom is 0.128 e. The Morgan fingerprint density at radius 2 is 2.00 bits per heavy atom. The summed E-state index contributed by atoms with van der Waals surface area (Å²) >= 11 is 0. The lowest BCUT2D eigenvalue weighted by Gasteiger charge is -2.32. The van der Waals surface area contributed by atoms with Crippen LogP contribution in [-0.2, 0) is 4.74 Å². The number of methoxy groups -OCH3 is 1. The maximum absolute atomic E-state index is 14.1. The van der Waals surface area contributed by atoms with Gasteiger partial charge in [-0.15, -0.1) is 0 Å². The Hall–Kier alpha value is -0.970.